The second-order valence-electron chi connectivity index (χ2n) is 4.66. The van der Waals surface area contributed by atoms with Gasteiger partial charge in [0, 0.05) is 6.54 Å². The van der Waals surface area contributed by atoms with Gasteiger partial charge in [-0.25, -0.2) is 0 Å². The van der Waals surface area contributed by atoms with E-state index in [4.69, 9.17) is 10.5 Å². The molecule has 0 spiro atoms. The van der Waals surface area contributed by atoms with Gasteiger partial charge in [0.2, 0.25) is 0 Å². The maximum Gasteiger partial charge on any atom is 0.313 e. The van der Waals surface area contributed by atoms with Gasteiger partial charge in [0.1, 0.15) is 0 Å². The number of esters is 1. The molecule has 0 aromatic carbocycles. The van der Waals surface area contributed by atoms with Crippen molar-refractivity contribution in [1.29, 1.82) is 0 Å². The Morgan fingerprint density at radius 3 is 2.50 bits per heavy atom. The van der Waals surface area contributed by atoms with Crippen molar-refractivity contribution in [3.63, 3.8) is 0 Å². The number of rotatable bonds is 5. The molecule has 0 aromatic rings. The summed E-state index contributed by atoms with van der Waals surface area (Å²) >= 11 is 0. The Hall–Kier alpha value is -0.570. The van der Waals surface area contributed by atoms with Crippen LogP contribution in [0, 0.1) is 11.3 Å². The van der Waals surface area contributed by atoms with E-state index in [2.05, 4.69) is 13.8 Å². The average Bonchev–Trinajstić information content (AvgIpc) is 2.02. The summed E-state index contributed by atoms with van der Waals surface area (Å²) in [6.45, 7) is 5.22. The van der Waals surface area contributed by atoms with Crippen LogP contribution in [0.5, 0.6) is 0 Å². The van der Waals surface area contributed by atoms with Crippen molar-refractivity contribution < 1.29 is 9.53 Å². The summed E-state index contributed by atoms with van der Waals surface area (Å²) in [5, 5.41) is 0. The van der Waals surface area contributed by atoms with Crippen LogP contribution in [0.2, 0.25) is 0 Å². The zero-order chi connectivity index (χ0) is 10.6. The molecule has 0 bridgehead atoms. The standard InChI is InChI=1S/C11H21NO2/c1-9(2)4-7-14-10(13)11(8-12)5-3-6-11/h9H,3-8,12H2,1-2H3. The Labute approximate surface area is 86.0 Å². The van der Waals surface area contributed by atoms with Gasteiger partial charge in [0.05, 0.1) is 12.0 Å². The van der Waals surface area contributed by atoms with Gasteiger partial charge in [-0.3, -0.25) is 4.79 Å². The lowest BCUT2D eigenvalue weighted by molar-refractivity contribution is -0.161. The third-order valence-corrected chi connectivity index (χ3v) is 3.06. The normalized spacial score (nSPS) is 19.1. The van der Waals surface area contributed by atoms with Gasteiger partial charge in [-0.15, -0.1) is 0 Å². The summed E-state index contributed by atoms with van der Waals surface area (Å²) in [5.74, 6) is 0.505. The fourth-order valence-corrected chi connectivity index (χ4v) is 1.64. The molecule has 0 amide bonds. The highest BCUT2D eigenvalue weighted by molar-refractivity contribution is 5.78. The van der Waals surface area contributed by atoms with Crippen molar-refractivity contribution >= 4 is 5.97 Å². The molecule has 1 aliphatic rings. The SMILES string of the molecule is CC(C)CCOC(=O)C1(CN)CCC1. The zero-order valence-electron chi connectivity index (χ0n) is 9.21. The van der Waals surface area contributed by atoms with E-state index < -0.39 is 0 Å². The van der Waals surface area contributed by atoms with E-state index >= 15 is 0 Å². The third-order valence-electron chi connectivity index (χ3n) is 3.06. The zero-order valence-corrected chi connectivity index (χ0v) is 9.21. The molecule has 0 heterocycles. The van der Waals surface area contributed by atoms with Gasteiger partial charge >= 0.3 is 5.97 Å². The molecule has 2 N–H and O–H groups in total. The molecule has 0 radical (unpaired) electrons. The van der Waals surface area contributed by atoms with Crippen LogP contribution in [0.15, 0.2) is 0 Å². The Bertz CT molecular complexity index is 192. The third kappa shape index (κ3) is 2.47. The molecule has 0 aliphatic heterocycles. The summed E-state index contributed by atoms with van der Waals surface area (Å²) in [6, 6.07) is 0. The van der Waals surface area contributed by atoms with Gasteiger partial charge in [0.25, 0.3) is 0 Å². The van der Waals surface area contributed by atoms with Crippen LogP contribution >= 0.6 is 0 Å². The van der Waals surface area contributed by atoms with Crippen molar-refractivity contribution in [1.82, 2.24) is 0 Å². The van der Waals surface area contributed by atoms with E-state index in [1.807, 2.05) is 0 Å². The summed E-state index contributed by atoms with van der Waals surface area (Å²) in [6.07, 6.45) is 3.86. The van der Waals surface area contributed by atoms with Crippen molar-refractivity contribution in [2.24, 2.45) is 17.1 Å². The number of hydrogen-bond donors (Lipinski definition) is 1. The van der Waals surface area contributed by atoms with Gasteiger partial charge in [0.15, 0.2) is 0 Å². The molecule has 1 saturated carbocycles. The molecule has 0 unspecified atom stereocenters. The number of carbonyl (C=O) groups is 1. The van der Waals surface area contributed by atoms with Crippen LogP contribution in [0.1, 0.15) is 39.5 Å². The summed E-state index contributed by atoms with van der Waals surface area (Å²) in [4.78, 5) is 11.7. The summed E-state index contributed by atoms with van der Waals surface area (Å²) in [7, 11) is 0. The molecular weight excluding hydrogens is 178 g/mol. The molecular formula is C11H21NO2. The number of ether oxygens (including phenoxy) is 1. The summed E-state index contributed by atoms with van der Waals surface area (Å²) < 4.78 is 5.23. The lowest BCUT2D eigenvalue weighted by Gasteiger charge is -2.38. The predicted octanol–water partition coefficient (Wildman–Crippen LogP) is 1.70. The van der Waals surface area contributed by atoms with Crippen LogP contribution in [0.3, 0.4) is 0 Å². The molecule has 3 heteroatoms. The van der Waals surface area contributed by atoms with E-state index in [1.165, 1.54) is 0 Å². The van der Waals surface area contributed by atoms with E-state index in [0.29, 0.717) is 19.1 Å². The monoisotopic (exact) mass is 199 g/mol. The van der Waals surface area contributed by atoms with Gasteiger partial charge in [-0.05, 0) is 25.2 Å². The fraction of sp³-hybridized carbons (Fsp3) is 0.909. The van der Waals surface area contributed by atoms with E-state index in [1.54, 1.807) is 0 Å². The van der Waals surface area contributed by atoms with E-state index in [9.17, 15) is 4.79 Å². The largest absolute Gasteiger partial charge is 0.465 e. The lowest BCUT2D eigenvalue weighted by Crippen LogP contribution is -2.45. The topological polar surface area (TPSA) is 52.3 Å². The molecule has 1 aliphatic carbocycles. The first-order chi connectivity index (χ1) is 6.60. The van der Waals surface area contributed by atoms with Crippen LogP contribution in [-0.4, -0.2) is 19.1 Å². The molecule has 1 rings (SSSR count). The molecule has 0 aromatic heterocycles. The van der Waals surface area contributed by atoms with Crippen LogP contribution in [0.4, 0.5) is 0 Å². The van der Waals surface area contributed by atoms with Crippen molar-refractivity contribution in [3.05, 3.63) is 0 Å². The summed E-state index contributed by atoms with van der Waals surface area (Å²) in [5.41, 5.74) is 5.28. The fourth-order valence-electron chi connectivity index (χ4n) is 1.64. The highest BCUT2D eigenvalue weighted by Crippen LogP contribution is 2.40. The number of nitrogens with two attached hydrogens (primary N) is 1. The Balaban J connectivity index is 2.27. The highest BCUT2D eigenvalue weighted by Gasteiger charge is 2.44. The van der Waals surface area contributed by atoms with Gasteiger partial charge in [-0.2, -0.15) is 0 Å². The quantitative estimate of drug-likeness (QED) is 0.686. The highest BCUT2D eigenvalue weighted by atomic mass is 16.5. The lowest BCUT2D eigenvalue weighted by atomic mass is 9.69. The van der Waals surface area contributed by atoms with Crippen molar-refractivity contribution in [2.45, 2.75) is 39.5 Å². The first kappa shape index (κ1) is 11.5. The van der Waals surface area contributed by atoms with Gasteiger partial charge < -0.3 is 10.5 Å². The second kappa shape index (κ2) is 4.78. The van der Waals surface area contributed by atoms with E-state index in [-0.39, 0.29) is 11.4 Å². The Morgan fingerprint density at radius 2 is 2.14 bits per heavy atom. The van der Waals surface area contributed by atoms with Gasteiger partial charge in [-0.1, -0.05) is 20.3 Å². The molecule has 1 fully saturated rings. The Kier molecular flexibility index (Phi) is 3.93. The van der Waals surface area contributed by atoms with Crippen molar-refractivity contribution in [2.75, 3.05) is 13.2 Å². The number of carbonyl (C=O) groups excluding carboxylic acids is 1. The smallest absolute Gasteiger partial charge is 0.313 e. The van der Waals surface area contributed by atoms with E-state index in [0.717, 1.165) is 25.7 Å². The predicted molar refractivity (Wildman–Crippen MR) is 55.8 cm³/mol. The first-order valence-electron chi connectivity index (χ1n) is 5.48. The minimum atomic E-state index is -0.322. The molecule has 0 atom stereocenters. The molecule has 3 nitrogen and oxygen atoms in total. The van der Waals surface area contributed by atoms with Crippen LogP contribution < -0.4 is 5.73 Å². The Morgan fingerprint density at radius 1 is 1.50 bits per heavy atom. The van der Waals surface area contributed by atoms with Crippen LogP contribution in [0.25, 0.3) is 0 Å². The van der Waals surface area contributed by atoms with Crippen LogP contribution in [-0.2, 0) is 9.53 Å². The molecule has 0 saturated heterocycles. The maximum absolute atomic E-state index is 11.7. The van der Waals surface area contributed by atoms with Crippen molar-refractivity contribution in [3.8, 4) is 0 Å². The number of hydrogen-bond acceptors (Lipinski definition) is 3. The average molecular weight is 199 g/mol. The first-order valence-corrected chi connectivity index (χ1v) is 5.48. The minimum absolute atomic E-state index is 0.0769. The second-order valence-corrected chi connectivity index (χ2v) is 4.66. The minimum Gasteiger partial charge on any atom is -0.465 e. The molecule has 14 heavy (non-hydrogen) atoms. The molecule has 82 valence electrons. The maximum atomic E-state index is 11.7.